The molecule has 0 fully saturated rings. The van der Waals surface area contributed by atoms with Gasteiger partial charge >= 0.3 is 0 Å². The summed E-state index contributed by atoms with van der Waals surface area (Å²) in [5.74, 6) is 1.63. The fourth-order valence-electron chi connectivity index (χ4n) is 5.61. The van der Waals surface area contributed by atoms with Crippen molar-refractivity contribution in [2.75, 3.05) is 13.2 Å². The summed E-state index contributed by atoms with van der Waals surface area (Å²) in [4.78, 5) is 14.0. The Hall–Kier alpha value is -2.89. The van der Waals surface area contributed by atoms with E-state index in [2.05, 4.69) is 32.5 Å². The van der Waals surface area contributed by atoms with Crippen LogP contribution in [0.2, 0.25) is 10.0 Å². The number of aryl methyl sites for hydroxylation is 6. The molecule has 0 saturated carbocycles. The van der Waals surface area contributed by atoms with Crippen LogP contribution in [0.4, 0.5) is 0 Å². The van der Waals surface area contributed by atoms with Crippen LogP contribution < -0.4 is 4.74 Å². The second-order valence-electron chi connectivity index (χ2n) is 10.0. The van der Waals surface area contributed by atoms with Gasteiger partial charge in [0, 0.05) is 39.1 Å². The largest absolute Gasteiger partial charge is 0.494 e. The van der Waals surface area contributed by atoms with Crippen molar-refractivity contribution in [2.45, 2.75) is 60.4 Å². The van der Waals surface area contributed by atoms with Crippen LogP contribution >= 0.6 is 23.2 Å². The van der Waals surface area contributed by atoms with Crippen LogP contribution in [0.5, 0.6) is 5.75 Å². The quantitative estimate of drug-likeness (QED) is 0.236. The second kappa shape index (κ2) is 10.1. The van der Waals surface area contributed by atoms with E-state index < -0.39 is 0 Å². The van der Waals surface area contributed by atoms with E-state index in [0.717, 1.165) is 80.8 Å². The van der Waals surface area contributed by atoms with Gasteiger partial charge in [-0.1, -0.05) is 29.3 Å². The Bertz CT molecular complexity index is 1510. The maximum Gasteiger partial charge on any atom is 0.125 e. The zero-order valence-electron chi connectivity index (χ0n) is 22.2. The maximum absolute atomic E-state index is 6.92. The molecule has 5 rings (SSSR count). The zero-order valence-corrected chi connectivity index (χ0v) is 23.8. The van der Waals surface area contributed by atoms with Crippen molar-refractivity contribution >= 4 is 40.3 Å². The molecule has 1 atom stereocenters. The van der Waals surface area contributed by atoms with E-state index in [1.807, 2.05) is 59.0 Å². The van der Waals surface area contributed by atoms with Crippen molar-refractivity contribution in [3.8, 4) is 16.9 Å². The fourth-order valence-corrected chi connectivity index (χ4v) is 5.97. The number of rotatable bonds is 6. The molecule has 0 radical (unpaired) electrons. The van der Waals surface area contributed by atoms with E-state index in [0.29, 0.717) is 11.6 Å². The molecular weight excluding hydrogens is 503 g/mol. The number of ether oxygens (including phenoxy) is 1. The van der Waals surface area contributed by atoms with Crippen molar-refractivity contribution in [3.63, 3.8) is 0 Å². The van der Waals surface area contributed by atoms with Crippen molar-refractivity contribution < 1.29 is 4.74 Å². The molecular formula is C30H32Cl2N4O. The summed E-state index contributed by atoms with van der Waals surface area (Å²) >= 11 is 13.2. The Morgan fingerprint density at radius 3 is 2.32 bits per heavy atom. The fraction of sp³-hybridized carbons (Fsp3) is 0.367. The Kier molecular flexibility index (Phi) is 7.03. The first-order valence-corrected chi connectivity index (χ1v) is 13.5. The molecule has 2 aromatic heterocycles. The normalized spacial score (nSPS) is 14.9. The summed E-state index contributed by atoms with van der Waals surface area (Å²) in [5, 5.41) is 2.71. The molecule has 7 heteroatoms. The molecule has 5 nitrogen and oxygen atoms in total. The third kappa shape index (κ3) is 4.64. The standard InChI is InChI=1S/C30H32Cl2N4O/c1-16-12-22(13-17(2)29(16)32)37-11-7-8-23-24-9-10-25(31)28(27-19(4)34-21(6)35-20(27)5)30(24)36-18(3)14-33-15-26(23)36/h9-10,12-13,15,18H,7-8,11,14H2,1-6H3/t18-/m1/s1. The first kappa shape index (κ1) is 25.7. The van der Waals surface area contributed by atoms with Crippen LogP contribution in [0, 0.1) is 34.6 Å². The molecule has 3 heterocycles. The van der Waals surface area contributed by atoms with Crippen LogP contribution in [-0.2, 0) is 6.42 Å². The topological polar surface area (TPSA) is 52.3 Å². The Balaban J connectivity index is 1.55. The summed E-state index contributed by atoms with van der Waals surface area (Å²) in [7, 11) is 0. The summed E-state index contributed by atoms with van der Waals surface area (Å²) in [6.07, 6.45) is 3.76. The number of nitrogens with zero attached hydrogens (tertiary/aromatic N) is 4. The third-order valence-electron chi connectivity index (χ3n) is 7.17. The van der Waals surface area contributed by atoms with Crippen LogP contribution in [0.15, 0.2) is 29.3 Å². The number of hydrogen-bond donors (Lipinski definition) is 0. The lowest BCUT2D eigenvalue weighted by molar-refractivity contribution is 0.310. The maximum atomic E-state index is 6.92. The second-order valence-corrected chi connectivity index (χ2v) is 10.8. The first-order valence-electron chi connectivity index (χ1n) is 12.7. The monoisotopic (exact) mass is 534 g/mol. The lowest BCUT2D eigenvalue weighted by atomic mass is 9.97. The molecule has 4 aromatic rings. The minimum Gasteiger partial charge on any atom is -0.494 e. The Labute approximate surface area is 228 Å². The van der Waals surface area contributed by atoms with Gasteiger partial charge in [0.15, 0.2) is 0 Å². The highest BCUT2D eigenvalue weighted by molar-refractivity contribution is 6.35. The van der Waals surface area contributed by atoms with Gasteiger partial charge in [-0.25, -0.2) is 9.97 Å². The highest BCUT2D eigenvalue weighted by Crippen LogP contribution is 2.43. The predicted octanol–water partition coefficient (Wildman–Crippen LogP) is 7.95. The van der Waals surface area contributed by atoms with Gasteiger partial charge < -0.3 is 9.30 Å². The Morgan fingerprint density at radius 1 is 0.973 bits per heavy atom. The van der Waals surface area contributed by atoms with Crippen LogP contribution in [0.1, 0.15) is 59.0 Å². The number of hydrogen-bond acceptors (Lipinski definition) is 4. The van der Waals surface area contributed by atoms with E-state index >= 15 is 0 Å². The van der Waals surface area contributed by atoms with Gasteiger partial charge in [0.1, 0.15) is 11.6 Å². The molecule has 0 N–H and O–H groups in total. The van der Waals surface area contributed by atoms with Gasteiger partial charge in [0.05, 0.1) is 35.4 Å². The van der Waals surface area contributed by atoms with Gasteiger partial charge in [-0.2, -0.15) is 0 Å². The lowest BCUT2D eigenvalue weighted by Gasteiger charge is -2.22. The average Bonchev–Trinajstić information content (AvgIpc) is 3.15. The molecule has 0 aliphatic carbocycles. The van der Waals surface area contributed by atoms with E-state index in [1.54, 1.807) is 0 Å². The first-order chi connectivity index (χ1) is 17.7. The van der Waals surface area contributed by atoms with E-state index in [9.17, 15) is 0 Å². The minimum atomic E-state index is 0.219. The number of fused-ring (bicyclic) bond motifs is 3. The smallest absolute Gasteiger partial charge is 0.125 e. The third-order valence-corrected chi connectivity index (χ3v) is 8.08. The van der Waals surface area contributed by atoms with Crippen LogP contribution in [0.3, 0.4) is 0 Å². The molecule has 0 unspecified atom stereocenters. The predicted molar refractivity (Wildman–Crippen MR) is 154 cm³/mol. The van der Waals surface area contributed by atoms with Crippen LogP contribution in [-0.4, -0.2) is 33.9 Å². The van der Waals surface area contributed by atoms with E-state index in [4.69, 9.17) is 27.9 Å². The highest BCUT2D eigenvalue weighted by atomic mass is 35.5. The zero-order chi connectivity index (χ0) is 26.4. The molecule has 1 aliphatic heterocycles. The van der Waals surface area contributed by atoms with Gasteiger partial charge in [0.25, 0.3) is 0 Å². The summed E-state index contributed by atoms with van der Waals surface area (Å²) in [5.41, 5.74) is 9.53. The van der Waals surface area contributed by atoms with Gasteiger partial charge in [-0.15, -0.1) is 0 Å². The number of halogens is 2. The average molecular weight is 536 g/mol. The van der Waals surface area contributed by atoms with Gasteiger partial charge in [-0.3, -0.25) is 4.99 Å². The van der Waals surface area contributed by atoms with Crippen molar-refractivity contribution in [2.24, 2.45) is 4.99 Å². The molecule has 1 aliphatic rings. The summed E-state index contributed by atoms with van der Waals surface area (Å²) < 4.78 is 8.52. The van der Waals surface area contributed by atoms with E-state index in [1.165, 1.54) is 10.9 Å². The molecule has 2 aromatic carbocycles. The molecule has 0 bridgehead atoms. The number of aromatic nitrogens is 3. The number of aliphatic imine (C=N–C) groups is 1. The van der Waals surface area contributed by atoms with E-state index in [-0.39, 0.29) is 6.04 Å². The molecule has 37 heavy (non-hydrogen) atoms. The van der Waals surface area contributed by atoms with Gasteiger partial charge in [0.2, 0.25) is 0 Å². The van der Waals surface area contributed by atoms with Crippen molar-refractivity contribution in [3.05, 3.63) is 73.9 Å². The molecule has 192 valence electrons. The van der Waals surface area contributed by atoms with Crippen LogP contribution in [0.25, 0.3) is 22.0 Å². The van der Waals surface area contributed by atoms with Gasteiger partial charge in [-0.05, 0) is 89.3 Å². The lowest BCUT2D eigenvalue weighted by Crippen LogP contribution is -2.17. The molecule has 0 amide bonds. The van der Waals surface area contributed by atoms with Crippen molar-refractivity contribution in [1.82, 2.24) is 14.5 Å². The Morgan fingerprint density at radius 2 is 1.65 bits per heavy atom. The summed E-state index contributed by atoms with van der Waals surface area (Å²) in [6.45, 7) is 13.6. The van der Waals surface area contributed by atoms with Crippen molar-refractivity contribution in [1.29, 1.82) is 0 Å². The minimum absolute atomic E-state index is 0.219. The molecule has 0 saturated heterocycles. The SMILES string of the molecule is Cc1nc(C)c(-c2c(Cl)ccc3c(CCCOc4cc(C)c(Cl)c(C)c4)c4n(c23)[C@H](C)CN=C4)c(C)n1. The highest BCUT2D eigenvalue weighted by Gasteiger charge is 2.27. The molecule has 0 spiro atoms. The summed E-state index contributed by atoms with van der Waals surface area (Å²) in [6, 6.07) is 8.38. The number of benzene rings is 2.